The van der Waals surface area contributed by atoms with E-state index in [2.05, 4.69) is 11.1 Å². The summed E-state index contributed by atoms with van der Waals surface area (Å²) in [6.07, 6.45) is 0.879. The Morgan fingerprint density at radius 3 is 2.79 bits per heavy atom. The number of thiazole rings is 1. The van der Waals surface area contributed by atoms with Gasteiger partial charge >= 0.3 is 0 Å². The van der Waals surface area contributed by atoms with Crippen molar-refractivity contribution in [3.05, 3.63) is 59.0 Å². The van der Waals surface area contributed by atoms with Crippen molar-refractivity contribution in [2.75, 3.05) is 6.61 Å². The number of rotatable bonds is 3. The number of nitrogens with one attached hydrogen (secondary N) is 1. The van der Waals surface area contributed by atoms with Crippen LogP contribution in [-0.4, -0.2) is 22.7 Å². The second-order valence-electron chi connectivity index (χ2n) is 5.42. The fourth-order valence-corrected chi connectivity index (χ4v) is 3.73. The lowest BCUT2D eigenvalue weighted by molar-refractivity contribution is 0.0711. The Morgan fingerprint density at radius 2 is 2.00 bits per heavy atom. The predicted octanol–water partition coefficient (Wildman–Crippen LogP) is 3.53. The van der Waals surface area contributed by atoms with Crippen molar-refractivity contribution >= 4 is 17.2 Å². The highest BCUT2D eigenvalue weighted by Crippen LogP contribution is 2.36. The molecule has 0 unspecified atom stereocenters. The molecule has 0 radical (unpaired) electrons. The molecule has 1 aliphatic rings. The predicted molar refractivity (Wildman–Crippen MR) is 91.4 cm³/mol. The normalized spacial score (nSPS) is 12.5. The van der Waals surface area contributed by atoms with Gasteiger partial charge in [0.1, 0.15) is 15.6 Å². The van der Waals surface area contributed by atoms with Gasteiger partial charge in [-0.25, -0.2) is 10.5 Å². The Bertz CT molecular complexity index is 906. The molecule has 1 aromatic heterocycles. The second kappa shape index (κ2) is 6.07. The SMILES string of the molecule is O=C(NO)c1sc(-c2ccc3c(c2)CCO3)nc1-c1ccccc1. The van der Waals surface area contributed by atoms with Crippen LogP contribution in [0.15, 0.2) is 48.5 Å². The number of carbonyl (C=O) groups excluding carboxylic acids is 1. The summed E-state index contributed by atoms with van der Waals surface area (Å²) in [5.74, 6) is 0.356. The van der Waals surface area contributed by atoms with Gasteiger partial charge in [0.15, 0.2) is 0 Å². The summed E-state index contributed by atoms with van der Waals surface area (Å²) in [6.45, 7) is 0.699. The summed E-state index contributed by atoms with van der Waals surface area (Å²) in [7, 11) is 0. The summed E-state index contributed by atoms with van der Waals surface area (Å²) in [5.41, 5.74) is 5.21. The third-order valence-corrected chi connectivity index (χ3v) is 5.02. The first-order valence-corrected chi connectivity index (χ1v) is 8.34. The first-order chi connectivity index (χ1) is 11.8. The summed E-state index contributed by atoms with van der Waals surface area (Å²) in [5, 5.41) is 9.77. The number of ether oxygens (including phenoxy) is 1. The number of fused-ring (bicyclic) bond motifs is 1. The topological polar surface area (TPSA) is 71.5 Å². The van der Waals surface area contributed by atoms with Crippen molar-refractivity contribution in [1.29, 1.82) is 0 Å². The number of nitrogens with zero attached hydrogens (tertiary/aromatic N) is 1. The van der Waals surface area contributed by atoms with Crippen LogP contribution >= 0.6 is 11.3 Å². The number of hydrogen-bond donors (Lipinski definition) is 2. The van der Waals surface area contributed by atoms with Gasteiger partial charge in [-0.3, -0.25) is 10.0 Å². The first-order valence-electron chi connectivity index (χ1n) is 7.53. The average molecular weight is 338 g/mol. The molecule has 0 aliphatic carbocycles. The zero-order valence-corrected chi connectivity index (χ0v) is 13.5. The van der Waals surface area contributed by atoms with Gasteiger partial charge in [-0.2, -0.15) is 0 Å². The minimum atomic E-state index is -0.554. The molecule has 2 aromatic carbocycles. The smallest absolute Gasteiger partial charge is 0.287 e. The Morgan fingerprint density at radius 1 is 1.17 bits per heavy atom. The molecule has 120 valence electrons. The number of carbonyl (C=O) groups is 1. The Kier molecular flexibility index (Phi) is 3.76. The quantitative estimate of drug-likeness (QED) is 0.566. The minimum absolute atomic E-state index is 0.385. The monoisotopic (exact) mass is 338 g/mol. The zero-order valence-electron chi connectivity index (χ0n) is 12.7. The molecule has 6 heteroatoms. The van der Waals surface area contributed by atoms with Gasteiger partial charge in [-0.05, 0) is 23.8 Å². The van der Waals surface area contributed by atoms with Crippen LogP contribution in [-0.2, 0) is 6.42 Å². The summed E-state index contributed by atoms with van der Waals surface area (Å²) < 4.78 is 5.53. The third-order valence-electron chi connectivity index (χ3n) is 3.92. The van der Waals surface area contributed by atoms with Crippen molar-refractivity contribution in [2.45, 2.75) is 6.42 Å². The molecule has 4 rings (SSSR count). The Hall–Kier alpha value is -2.70. The lowest BCUT2D eigenvalue weighted by Crippen LogP contribution is -2.18. The fourth-order valence-electron chi connectivity index (χ4n) is 2.76. The highest BCUT2D eigenvalue weighted by Gasteiger charge is 2.21. The van der Waals surface area contributed by atoms with Crippen LogP contribution in [0.4, 0.5) is 0 Å². The van der Waals surface area contributed by atoms with Crippen molar-refractivity contribution in [2.24, 2.45) is 0 Å². The van der Waals surface area contributed by atoms with Gasteiger partial charge in [0, 0.05) is 17.5 Å². The molecule has 0 saturated carbocycles. The van der Waals surface area contributed by atoms with E-state index in [1.165, 1.54) is 11.3 Å². The van der Waals surface area contributed by atoms with E-state index in [9.17, 15) is 4.79 Å². The van der Waals surface area contributed by atoms with Crippen LogP contribution in [0.5, 0.6) is 5.75 Å². The first kappa shape index (κ1) is 14.9. The van der Waals surface area contributed by atoms with Crippen LogP contribution in [0.25, 0.3) is 21.8 Å². The van der Waals surface area contributed by atoms with Gasteiger partial charge in [0.05, 0.1) is 12.3 Å². The molecule has 0 saturated heterocycles. The van der Waals surface area contributed by atoms with E-state index in [1.54, 1.807) is 5.48 Å². The minimum Gasteiger partial charge on any atom is -0.493 e. The van der Waals surface area contributed by atoms with Crippen LogP contribution < -0.4 is 10.2 Å². The number of hydrogen-bond acceptors (Lipinski definition) is 5. The zero-order chi connectivity index (χ0) is 16.5. The van der Waals surface area contributed by atoms with Crippen LogP contribution in [0, 0.1) is 0 Å². The highest BCUT2D eigenvalue weighted by molar-refractivity contribution is 7.17. The molecule has 3 aromatic rings. The van der Waals surface area contributed by atoms with E-state index in [-0.39, 0.29) is 0 Å². The standard InChI is InChI=1S/C18H14N2O3S/c21-17(20-22)16-15(11-4-2-1-3-5-11)19-18(24-16)13-6-7-14-12(10-13)8-9-23-14/h1-7,10,22H,8-9H2,(H,20,21). The lowest BCUT2D eigenvalue weighted by atomic mass is 10.1. The maximum absolute atomic E-state index is 12.0. The molecule has 24 heavy (non-hydrogen) atoms. The molecule has 5 nitrogen and oxygen atoms in total. The van der Waals surface area contributed by atoms with E-state index in [1.807, 2.05) is 42.5 Å². The number of benzene rings is 2. The van der Waals surface area contributed by atoms with Gasteiger partial charge < -0.3 is 4.74 Å². The molecule has 2 N–H and O–H groups in total. The van der Waals surface area contributed by atoms with Gasteiger partial charge in [-0.1, -0.05) is 30.3 Å². The van der Waals surface area contributed by atoms with Crippen molar-refractivity contribution in [3.63, 3.8) is 0 Å². The molecule has 0 bridgehead atoms. The maximum Gasteiger partial charge on any atom is 0.287 e. The van der Waals surface area contributed by atoms with Crippen molar-refractivity contribution in [3.8, 4) is 27.6 Å². The van der Waals surface area contributed by atoms with Crippen molar-refractivity contribution in [1.82, 2.24) is 10.5 Å². The summed E-state index contributed by atoms with van der Waals surface area (Å²) in [6, 6.07) is 15.4. The van der Waals surface area contributed by atoms with Crippen LogP contribution in [0.3, 0.4) is 0 Å². The second-order valence-corrected chi connectivity index (χ2v) is 6.42. The average Bonchev–Trinajstić information content (AvgIpc) is 3.28. The third kappa shape index (κ3) is 2.55. The highest BCUT2D eigenvalue weighted by atomic mass is 32.1. The molecule has 2 heterocycles. The molecule has 0 spiro atoms. The Balaban J connectivity index is 1.83. The van der Waals surface area contributed by atoms with E-state index < -0.39 is 5.91 Å². The van der Waals surface area contributed by atoms with Gasteiger partial charge in [0.2, 0.25) is 0 Å². The molecule has 0 atom stereocenters. The fraction of sp³-hybridized carbons (Fsp3) is 0.111. The van der Waals surface area contributed by atoms with E-state index in [4.69, 9.17) is 9.94 Å². The van der Waals surface area contributed by atoms with E-state index >= 15 is 0 Å². The summed E-state index contributed by atoms with van der Waals surface area (Å²) in [4.78, 5) is 17.1. The molecular weight excluding hydrogens is 324 g/mol. The number of hydroxylamine groups is 1. The molecule has 1 amide bonds. The van der Waals surface area contributed by atoms with E-state index in [0.717, 1.165) is 33.9 Å². The molecule has 0 fully saturated rings. The molecular formula is C18H14N2O3S. The molecule has 1 aliphatic heterocycles. The summed E-state index contributed by atoms with van der Waals surface area (Å²) >= 11 is 1.26. The van der Waals surface area contributed by atoms with E-state index in [0.29, 0.717) is 17.2 Å². The van der Waals surface area contributed by atoms with Crippen LogP contribution in [0.1, 0.15) is 15.2 Å². The van der Waals surface area contributed by atoms with Gasteiger partial charge in [-0.15, -0.1) is 11.3 Å². The number of aromatic nitrogens is 1. The Labute approximate surface area is 142 Å². The number of amides is 1. The van der Waals surface area contributed by atoms with Crippen LogP contribution in [0.2, 0.25) is 0 Å². The van der Waals surface area contributed by atoms with Gasteiger partial charge in [0.25, 0.3) is 5.91 Å². The maximum atomic E-state index is 12.0. The largest absolute Gasteiger partial charge is 0.493 e. The van der Waals surface area contributed by atoms with Crippen molar-refractivity contribution < 1.29 is 14.7 Å². The lowest BCUT2D eigenvalue weighted by Gasteiger charge is -2.01.